The van der Waals surface area contributed by atoms with Crippen LogP contribution >= 0.6 is 11.8 Å². The van der Waals surface area contributed by atoms with E-state index in [0.717, 1.165) is 11.5 Å². The highest BCUT2D eigenvalue weighted by Crippen LogP contribution is 2.15. The summed E-state index contributed by atoms with van der Waals surface area (Å²) in [5.41, 5.74) is 2.67. The molecule has 1 atom stereocenters. The number of rotatable bonds is 8. The van der Waals surface area contributed by atoms with Crippen LogP contribution in [0.1, 0.15) is 18.1 Å². The van der Waals surface area contributed by atoms with Crippen LogP contribution in [0.4, 0.5) is 0 Å². The molecule has 0 bridgehead atoms. The predicted molar refractivity (Wildman–Crippen MR) is 96.9 cm³/mol. The van der Waals surface area contributed by atoms with Gasteiger partial charge in [-0.05, 0) is 37.1 Å². The standard InChI is InChI=1S/C19H23NO2S/c1-15-8-6-7-9-17(15)14-23-13-12-20-19(21)16(2)22-18-10-4-3-5-11-18/h3-11,16H,12-14H2,1-2H3,(H,20,21)/t16-/m1/s1. The molecule has 0 aliphatic carbocycles. The molecule has 2 rings (SSSR count). The van der Waals surface area contributed by atoms with E-state index < -0.39 is 6.10 Å². The maximum atomic E-state index is 12.0. The molecule has 0 unspecified atom stereocenters. The average molecular weight is 329 g/mol. The van der Waals surface area contributed by atoms with Crippen LogP contribution in [-0.4, -0.2) is 24.3 Å². The van der Waals surface area contributed by atoms with Crippen LogP contribution in [0.25, 0.3) is 0 Å². The van der Waals surface area contributed by atoms with Gasteiger partial charge in [-0.2, -0.15) is 11.8 Å². The maximum Gasteiger partial charge on any atom is 0.260 e. The third-order valence-corrected chi connectivity index (χ3v) is 4.50. The second-order valence-electron chi connectivity index (χ2n) is 5.34. The first kappa shape index (κ1) is 17.4. The first-order chi connectivity index (χ1) is 11.2. The van der Waals surface area contributed by atoms with Crippen molar-refractivity contribution in [2.75, 3.05) is 12.3 Å². The van der Waals surface area contributed by atoms with Gasteiger partial charge in [0.2, 0.25) is 0 Å². The first-order valence-corrected chi connectivity index (χ1v) is 8.94. The molecule has 122 valence electrons. The van der Waals surface area contributed by atoms with E-state index >= 15 is 0 Å². The highest BCUT2D eigenvalue weighted by molar-refractivity contribution is 7.98. The SMILES string of the molecule is Cc1ccccc1CSCCNC(=O)[C@@H](C)Oc1ccccc1. The molecule has 0 aliphatic rings. The number of ether oxygens (including phenoxy) is 1. The van der Waals surface area contributed by atoms with Crippen LogP contribution in [0.5, 0.6) is 5.75 Å². The van der Waals surface area contributed by atoms with Crippen molar-refractivity contribution in [2.24, 2.45) is 0 Å². The number of hydrogen-bond donors (Lipinski definition) is 1. The van der Waals surface area contributed by atoms with Crippen molar-refractivity contribution in [3.05, 3.63) is 65.7 Å². The van der Waals surface area contributed by atoms with E-state index in [0.29, 0.717) is 12.3 Å². The van der Waals surface area contributed by atoms with E-state index in [1.165, 1.54) is 11.1 Å². The zero-order chi connectivity index (χ0) is 16.5. The summed E-state index contributed by atoms with van der Waals surface area (Å²) in [6, 6.07) is 17.8. The second-order valence-corrected chi connectivity index (χ2v) is 6.45. The number of carbonyl (C=O) groups excluding carboxylic acids is 1. The summed E-state index contributed by atoms with van der Waals surface area (Å²) in [4.78, 5) is 12.0. The minimum Gasteiger partial charge on any atom is -0.481 e. The van der Waals surface area contributed by atoms with Crippen LogP contribution in [0.2, 0.25) is 0 Å². The van der Waals surface area contributed by atoms with Crippen LogP contribution < -0.4 is 10.1 Å². The van der Waals surface area contributed by atoms with E-state index in [2.05, 4.69) is 36.5 Å². The smallest absolute Gasteiger partial charge is 0.260 e. The highest BCUT2D eigenvalue weighted by atomic mass is 32.2. The summed E-state index contributed by atoms with van der Waals surface area (Å²) in [6.07, 6.45) is -0.487. The minimum atomic E-state index is -0.487. The molecule has 4 heteroatoms. The fraction of sp³-hybridized carbons (Fsp3) is 0.316. The zero-order valence-corrected chi connectivity index (χ0v) is 14.4. The molecule has 0 aromatic heterocycles. The minimum absolute atomic E-state index is 0.0784. The van der Waals surface area contributed by atoms with Gasteiger partial charge in [0.15, 0.2) is 6.10 Å². The lowest BCUT2D eigenvalue weighted by Gasteiger charge is -2.14. The molecule has 0 radical (unpaired) electrons. The number of benzene rings is 2. The Bertz CT molecular complexity index is 616. The molecule has 23 heavy (non-hydrogen) atoms. The summed E-state index contributed by atoms with van der Waals surface area (Å²) in [5, 5.41) is 2.92. The topological polar surface area (TPSA) is 38.3 Å². The second kappa shape index (κ2) is 9.26. The Morgan fingerprint density at radius 2 is 1.83 bits per heavy atom. The van der Waals surface area contributed by atoms with Crippen LogP contribution in [0, 0.1) is 6.92 Å². The molecule has 1 amide bonds. The van der Waals surface area contributed by atoms with Gasteiger partial charge in [-0.1, -0.05) is 42.5 Å². The number of thioether (sulfide) groups is 1. The van der Waals surface area contributed by atoms with Crippen molar-refractivity contribution in [1.29, 1.82) is 0 Å². The normalized spacial score (nSPS) is 11.7. The molecular formula is C19H23NO2S. The summed E-state index contributed by atoms with van der Waals surface area (Å²) in [6.45, 7) is 4.54. The van der Waals surface area contributed by atoms with Crippen LogP contribution in [-0.2, 0) is 10.5 Å². The molecule has 0 fully saturated rings. The van der Waals surface area contributed by atoms with E-state index in [4.69, 9.17) is 4.74 Å². The molecule has 2 aromatic rings. The Kier molecular flexibility index (Phi) is 7.01. The molecule has 1 N–H and O–H groups in total. The quantitative estimate of drug-likeness (QED) is 0.748. The molecule has 0 heterocycles. The lowest BCUT2D eigenvalue weighted by molar-refractivity contribution is -0.127. The monoisotopic (exact) mass is 329 g/mol. The third-order valence-electron chi connectivity index (χ3n) is 3.49. The van der Waals surface area contributed by atoms with Gasteiger partial charge in [0.1, 0.15) is 5.75 Å². The Morgan fingerprint density at radius 1 is 1.13 bits per heavy atom. The fourth-order valence-corrected chi connectivity index (χ4v) is 3.04. The number of amides is 1. The van der Waals surface area contributed by atoms with Gasteiger partial charge in [0, 0.05) is 18.1 Å². The van der Waals surface area contributed by atoms with Gasteiger partial charge in [-0.25, -0.2) is 0 Å². The number of para-hydroxylation sites is 1. The molecule has 0 spiro atoms. The lowest BCUT2D eigenvalue weighted by atomic mass is 10.1. The van der Waals surface area contributed by atoms with Crippen molar-refractivity contribution in [3.8, 4) is 5.75 Å². The molecule has 2 aromatic carbocycles. The first-order valence-electron chi connectivity index (χ1n) is 7.78. The zero-order valence-electron chi connectivity index (χ0n) is 13.6. The van der Waals surface area contributed by atoms with Crippen molar-refractivity contribution in [3.63, 3.8) is 0 Å². The summed E-state index contributed by atoms with van der Waals surface area (Å²) < 4.78 is 5.60. The Balaban J connectivity index is 1.64. The van der Waals surface area contributed by atoms with Crippen molar-refractivity contribution >= 4 is 17.7 Å². The average Bonchev–Trinajstić information content (AvgIpc) is 2.57. The third kappa shape index (κ3) is 5.99. The van der Waals surface area contributed by atoms with Gasteiger partial charge in [-0.15, -0.1) is 0 Å². The number of hydrogen-bond acceptors (Lipinski definition) is 3. The maximum absolute atomic E-state index is 12.0. The van der Waals surface area contributed by atoms with Gasteiger partial charge < -0.3 is 10.1 Å². The molecule has 3 nitrogen and oxygen atoms in total. The highest BCUT2D eigenvalue weighted by Gasteiger charge is 2.13. The Labute approximate surface area is 142 Å². The van der Waals surface area contributed by atoms with E-state index in [-0.39, 0.29) is 5.91 Å². The van der Waals surface area contributed by atoms with Crippen molar-refractivity contribution in [1.82, 2.24) is 5.32 Å². The van der Waals surface area contributed by atoms with Crippen LogP contribution in [0.3, 0.4) is 0 Å². The largest absolute Gasteiger partial charge is 0.481 e. The number of aryl methyl sites for hydroxylation is 1. The lowest BCUT2D eigenvalue weighted by Crippen LogP contribution is -2.37. The number of nitrogens with one attached hydrogen (secondary N) is 1. The summed E-state index contributed by atoms with van der Waals surface area (Å²) in [7, 11) is 0. The van der Waals surface area contributed by atoms with Crippen LogP contribution in [0.15, 0.2) is 54.6 Å². The predicted octanol–water partition coefficient (Wildman–Crippen LogP) is 3.81. The van der Waals surface area contributed by atoms with Gasteiger partial charge in [0.05, 0.1) is 0 Å². The molecule has 0 saturated heterocycles. The van der Waals surface area contributed by atoms with Gasteiger partial charge in [-0.3, -0.25) is 4.79 Å². The van der Waals surface area contributed by atoms with E-state index in [9.17, 15) is 4.79 Å². The fourth-order valence-electron chi connectivity index (χ4n) is 2.10. The summed E-state index contributed by atoms with van der Waals surface area (Å²) in [5.74, 6) is 2.49. The molecule has 0 aliphatic heterocycles. The van der Waals surface area contributed by atoms with Crippen molar-refractivity contribution in [2.45, 2.75) is 25.7 Å². The molecule has 0 saturated carbocycles. The number of carbonyl (C=O) groups is 1. The Morgan fingerprint density at radius 3 is 2.57 bits per heavy atom. The van der Waals surface area contributed by atoms with Crippen molar-refractivity contribution < 1.29 is 9.53 Å². The summed E-state index contributed by atoms with van der Waals surface area (Å²) >= 11 is 1.82. The van der Waals surface area contributed by atoms with Gasteiger partial charge in [0.25, 0.3) is 5.91 Å². The Hall–Kier alpha value is -1.94. The van der Waals surface area contributed by atoms with E-state index in [1.54, 1.807) is 6.92 Å². The molecular weight excluding hydrogens is 306 g/mol. The van der Waals surface area contributed by atoms with E-state index in [1.807, 2.05) is 42.1 Å². The van der Waals surface area contributed by atoms with Gasteiger partial charge >= 0.3 is 0 Å².